The van der Waals surface area contributed by atoms with Crippen LogP contribution in [0.5, 0.6) is 0 Å². The van der Waals surface area contributed by atoms with Gasteiger partial charge in [0.05, 0.1) is 12.0 Å². The summed E-state index contributed by atoms with van der Waals surface area (Å²) in [7, 11) is 0. The van der Waals surface area contributed by atoms with E-state index in [2.05, 4.69) is 27.3 Å². The Morgan fingerprint density at radius 3 is 2.23 bits per heavy atom. The molecule has 0 unspecified atom stereocenters. The van der Waals surface area contributed by atoms with Crippen LogP contribution in [0.4, 0.5) is 11.4 Å². The van der Waals surface area contributed by atoms with E-state index in [1.54, 1.807) is 24.3 Å². The van der Waals surface area contributed by atoms with Gasteiger partial charge in [-0.3, -0.25) is 14.4 Å². The normalized spacial score (nSPS) is 24.1. The van der Waals surface area contributed by atoms with Gasteiger partial charge in [0, 0.05) is 32.5 Å². The molecule has 1 N–H and O–H groups in total. The van der Waals surface area contributed by atoms with Gasteiger partial charge in [-0.05, 0) is 42.3 Å². The Morgan fingerprint density at radius 1 is 0.800 bits per heavy atom. The summed E-state index contributed by atoms with van der Waals surface area (Å²) in [6, 6.07) is 30.3. The van der Waals surface area contributed by atoms with Crippen molar-refractivity contribution in [1.29, 1.82) is 0 Å². The van der Waals surface area contributed by atoms with Crippen molar-refractivity contribution in [2.24, 2.45) is 5.92 Å². The average Bonchev–Trinajstić information content (AvgIpc) is 3.45. The number of nitrogens with one attached hydrogen (secondary N) is 1. The number of carbonyl (C=O) groups excluding carboxylic acids is 3. The molecule has 40 heavy (non-hydrogen) atoms. The Bertz CT molecular complexity index is 1730. The van der Waals surface area contributed by atoms with E-state index in [0.29, 0.717) is 16.8 Å². The maximum absolute atomic E-state index is 14.8. The van der Waals surface area contributed by atoms with Crippen LogP contribution in [-0.4, -0.2) is 29.6 Å². The number of benzene rings is 4. The number of para-hydroxylation sites is 2. The van der Waals surface area contributed by atoms with Crippen molar-refractivity contribution in [2.75, 3.05) is 10.2 Å². The molecule has 0 aliphatic carbocycles. The number of hydrogen-bond acceptors (Lipinski definition) is 4. The van der Waals surface area contributed by atoms with Crippen LogP contribution in [0.1, 0.15) is 38.8 Å². The number of Topliss-reactive ketones (excluding diaryl/α,β-unsaturated/α-hetero) is 2. The van der Waals surface area contributed by atoms with E-state index in [0.717, 1.165) is 26.9 Å². The Kier molecular flexibility index (Phi) is 5.65. The van der Waals surface area contributed by atoms with E-state index in [1.807, 2.05) is 90.7 Å². The topological polar surface area (TPSA) is 66.5 Å². The van der Waals surface area contributed by atoms with Gasteiger partial charge in [0.2, 0.25) is 5.91 Å². The van der Waals surface area contributed by atoms with Crippen LogP contribution in [-0.2, 0) is 10.2 Å². The van der Waals surface area contributed by atoms with Gasteiger partial charge in [0.1, 0.15) is 11.5 Å². The predicted molar refractivity (Wildman–Crippen MR) is 160 cm³/mol. The smallest absolute Gasteiger partial charge is 0.238 e. The number of nitrogens with zero attached hydrogens (tertiary/aromatic N) is 1. The zero-order valence-electron chi connectivity index (χ0n) is 21.7. The highest BCUT2D eigenvalue weighted by Crippen LogP contribution is 2.58. The lowest BCUT2D eigenvalue weighted by atomic mass is 9.64. The fraction of sp³-hybridized carbons (Fsp3) is 0.147. The van der Waals surface area contributed by atoms with E-state index in [9.17, 15) is 14.4 Å². The molecular weight excluding hydrogens is 564 g/mol. The molecule has 0 bridgehead atoms. The molecule has 0 saturated carbocycles. The minimum absolute atomic E-state index is 0.183. The number of halogens is 1. The van der Waals surface area contributed by atoms with Crippen LogP contribution in [0.15, 0.2) is 114 Å². The molecule has 0 aromatic heterocycles. The van der Waals surface area contributed by atoms with E-state index < -0.39 is 23.4 Å². The summed E-state index contributed by atoms with van der Waals surface area (Å²) in [4.78, 5) is 45.8. The Hall–Kier alpha value is -4.29. The van der Waals surface area contributed by atoms with E-state index >= 15 is 0 Å². The van der Waals surface area contributed by atoms with Gasteiger partial charge in [-0.15, -0.1) is 0 Å². The van der Waals surface area contributed by atoms with Crippen molar-refractivity contribution in [3.63, 3.8) is 0 Å². The third-order valence-corrected chi connectivity index (χ3v) is 9.15. The number of amides is 1. The van der Waals surface area contributed by atoms with Crippen LogP contribution < -0.4 is 10.2 Å². The molecule has 4 aromatic rings. The highest BCUT2D eigenvalue weighted by atomic mass is 79.9. The number of allylic oxidation sites excluding steroid dienone is 1. The second kappa shape index (κ2) is 9.14. The molecule has 7 rings (SSSR count). The molecule has 196 valence electrons. The van der Waals surface area contributed by atoms with Gasteiger partial charge >= 0.3 is 0 Å². The first-order valence-corrected chi connectivity index (χ1v) is 14.1. The lowest BCUT2D eigenvalue weighted by Crippen LogP contribution is -2.51. The zero-order valence-corrected chi connectivity index (χ0v) is 23.3. The van der Waals surface area contributed by atoms with E-state index in [-0.39, 0.29) is 17.5 Å². The summed E-state index contributed by atoms with van der Waals surface area (Å²) in [5.41, 5.74) is 3.93. The molecule has 0 radical (unpaired) electrons. The first kappa shape index (κ1) is 24.7. The zero-order chi connectivity index (χ0) is 27.6. The lowest BCUT2D eigenvalue weighted by molar-refractivity contribution is -0.121. The second-order valence-corrected chi connectivity index (χ2v) is 11.5. The van der Waals surface area contributed by atoms with Crippen LogP contribution >= 0.6 is 15.9 Å². The van der Waals surface area contributed by atoms with E-state index in [1.165, 1.54) is 0 Å². The molecule has 6 heteroatoms. The monoisotopic (exact) mass is 588 g/mol. The molecule has 1 amide bonds. The predicted octanol–water partition coefficient (Wildman–Crippen LogP) is 6.70. The van der Waals surface area contributed by atoms with Crippen LogP contribution in [0.2, 0.25) is 0 Å². The van der Waals surface area contributed by atoms with Crippen molar-refractivity contribution in [3.8, 4) is 0 Å². The summed E-state index contributed by atoms with van der Waals surface area (Å²) < 4.78 is 0.843. The summed E-state index contributed by atoms with van der Waals surface area (Å²) >= 11 is 3.46. The Balaban J connectivity index is 1.56. The highest BCUT2D eigenvalue weighted by Gasteiger charge is 2.70. The Morgan fingerprint density at radius 2 is 1.45 bits per heavy atom. The van der Waals surface area contributed by atoms with E-state index in [4.69, 9.17) is 0 Å². The summed E-state index contributed by atoms with van der Waals surface area (Å²) in [5.74, 6) is -1.65. The lowest BCUT2D eigenvalue weighted by Gasteiger charge is -2.39. The number of ketones is 2. The maximum Gasteiger partial charge on any atom is 0.238 e. The van der Waals surface area contributed by atoms with Gasteiger partial charge in [-0.2, -0.15) is 0 Å². The standard InChI is InChI=1S/C34H25BrN2O3/c1-20-19-28-34(25-12-6-7-13-26(25)36-33(34)40)29(31(38)22-15-17-23(35)18-16-22)30(32(39)21-9-3-2-4-10-21)37(28)27-14-8-5-11-24(20)27/h2-19,28-30H,1H3,(H,36,40)/t28-,29-,30+,34+/m0/s1. The molecule has 3 aliphatic rings. The van der Waals surface area contributed by atoms with Gasteiger partial charge in [0.15, 0.2) is 11.6 Å². The molecule has 4 atom stereocenters. The highest BCUT2D eigenvalue weighted by molar-refractivity contribution is 9.10. The van der Waals surface area contributed by atoms with Crippen molar-refractivity contribution in [1.82, 2.24) is 0 Å². The van der Waals surface area contributed by atoms with Gasteiger partial charge in [-0.25, -0.2) is 0 Å². The van der Waals surface area contributed by atoms with Crippen molar-refractivity contribution in [3.05, 3.63) is 136 Å². The third kappa shape index (κ3) is 3.35. The average molecular weight is 589 g/mol. The quantitative estimate of drug-likeness (QED) is 0.269. The maximum atomic E-state index is 14.8. The molecule has 5 nitrogen and oxygen atoms in total. The molecule has 4 aromatic carbocycles. The summed E-state index contributed by atoms with van der Waals surface area (Å²) in [5, 5.41) is 3.08. The molecule has 1 saturated heterocycles. The van der Waals surface area contributed by atoms with Gasteiger partial charge in [-0.1, -0.05) is 101 Å². The second-order valence-electron chi connectivity index (χ2n) is 10.6. The van der Waals surface area contributed by atoms with Crippen LogP contribution in [0.25, 0.3) is 5.57 Å². The van der Waals surface area contributed by atoms with Crippen LogP contribution in [0, 0.1) is 5.92 Å². The molecule has 1 fully saturated rings. The fourth-order valence-electron chi connectivity index (χ4n) is 6.95. The number of hydrogen-bond donors (Lipinski definition) is 1. The minimum Gasteiger partial charge on any atom is -0.352 e. The first-order chi connectivity index (χ1) is 19.4. The van der Waals surface area contributed by atoms with Crippen molar-refractivity contribution < 1.29 is 14.4 Å². The minimum atomic E-state index is -1.31. The SMILES string of the molecule is CC1=C[C@@H]2N(c3ccccc31)[C@@H](C(=O)c1ccccc1)[C@@H](C(=O)c1ccc(Br)cc1)[C@]21C(=O)Nc2ccccc21. The summed E-state index contributed by atoms with van der Waals surface area (Å²) in [6.07, 6.45) is 2.07. The van der Waals surface area contributed by atoms with Crippen molar-refractivity contribution in [2.45, 2.75) is 24.4 Å². The summed E-state index contributed by atoms with van der Waals surface area (Å²) in [6.45, 7) is 2.03. The number of anilines is 2. The van der Waals surface area contributed by atoms with Crippen molar-refractivity contribution >= 4 is 50.4 Å². The number of rotatable bonds is 4. The number of carbonyl (C=O) groups is 3. The molecule has 3 heterocycles. The fourth-order valence-corrected chi connectivity index (χ4v) is 7.22. The number of fused-ring (bicyclic) bond motifs is 6. The van der Waals surface area contributed by atoms with Gasteiger partial charge in [0.25, 0.3) is 0 Å². The molecule has 3 aliphatic heterocycles. The Labute approximate surface area is 240 Å². The molecular formula is C34H25BrN2O3. The third-order valence-electron chi connectivity index (χ3n) is 8.62. The van der Waals surface area contributed by atoms with Crippen LogP contribution in [0.3, 0.4) is 0 Å². The van der Waals surface area contributed by atoms with Gasteiger partial charge < -0.3 is 10.2 Å². The first-order valence-electron chi connectivity index (χ1n) is 13.3. The largest absolute Gasteiger partial charge is 0.352 e. The molecule has 1 spiro atoms.